The van der Waals surface area contributed by atoms with Gasteiger partial charge in [-0.2, -0.15) is 0 Å². The molecule has 0 radical (unpaired) electrons. The molecule has 0 unspecified atom stereocenters. The van der Waals surface area contributed by atoms with E-state index in [1.807, 2.05) is 54.6 Å². The first kappa shape index (κ1) is 15.3. The Morgan fingerprint density at radius 3 is 2.61 bits per heavy atom. The standard InChI is InChI=1S/C19H19NO3/c21-12-15-7-5-14(6-8-15)9-10-20-19(22)17-11-16-3-1-2-4-18(16)23-13-17/h1-8,11,21H,9-10,12-13H2,(H,20,22). The average molecular weight is 309 g/mol. The quantitative estimate of drug-likeness (QED) is 0.891. The first-order chi connectivity index (χ1) is 11.3. The zero-order valence-corrected chi connectivity index (χ0v) is 12.8. The average Bonchev–Trinajstić information content (AvgIpc) is 2.61. The number of fused-ring (bicyclic) bond motifs is 1. The first-order valence-electron chi connectivity index (χ1n) is 7.65. The second-order valence-electron chi connectivity index (χ2n) is 5.48. The third-order valence-corrected chi connectivity index (χ3v) is 3.83. The molecule has 1 amide bonds. The van der Waals surface area contributed by atoms with Crippen LogP contribution in [0.1, 0.15) is 16.7 Å². The second-order valence-corrected chi connectivity index (χ2v) is 5.48. The Morgan fingerprint density at radius 1 is 1.09 bits per heavy atom. The molecule has 4 nitrogen and oxygen atoms in total. The maximum atomic E-state index is 12.2. The molecular weight excluding hydrogens is 290 g/mol. The van der Waals surface area contributed by atoms with Crippen LogP contribution in [0.5, 0.6) is 5.75 Å². The van der Waals surface area contributed by atoms with Gasteiger partial charge < -0.3 is 15.2 Å². The summed E-state index contributed by atoms with van der Waals surface area (Å²) in [6, 6.07) is 15.4. The maximum absolute atomic E-state index is 12.2. The second kappa shape index (κ2) is 7.11. The molecule has 0 spiro atoms. The molecule has 0 saturated heterocycles. The highest BCUT2D eigenvalue weighted by atomic mass is 16.5. The fourth-order valence-corrected chi connectivity index (χ4v) is 2.49. The molecule has 0 saturated carbocycles. The summed E-state index contributed by atoms with van der Waals surface area (Å²) in [5, 5.41) is 11.9. The third kappa shape index (κ3) is 3.79. The van der Waals surface area contributed by atoms with Crippen molar-refractivity contribution in [1.82, 2.24) is 5.32 Å². The largest absolute Gasteiger partial charge is 0.488 e. The molecule has 3 rings (SSSR count). The number of hydrogen-bond acceptors (Lipinski definition) is 3. The van der Waals surface area contributed by atoms with Crippen molar-refractivity contribution in [3.63, 3.8) is 0 Å². The Bertz CT molecular complexity index is 720. The van der Waals surface area contributed by atoms with Crippen molar-refractivity contribution >= 4 is 12.0 Å². The van der Waals surface area contributed by atoms with Gasteiger partial charge in [-0.1, -0.05) is 42.5 Å². The number of benzene rings is 2. The van der Waals surface area contributed by atoms with Crippen molar-refractivity contribution in [1.29, 1.82) is 0 Å². The molecule has 4 heteroatoms. The summed E-state index contributed by atoms with van der Waals surface area (Å²) in [7, 11) is 0. The number of ether oxygens (including phenoxy) is 1. The van der Waals surface area contributed by atoms with E-state index in [1.54, 1.807) is 0 Å². The number of amides is 1. The van der Waals surface area contributed by atoms with Gasteiger partial charge in [-0.05, 0) is 29.7 Å². The monoisotopic (exact) mass is 309 g/mol. The lowest BCUT2D eigenvalue weighted by atomic mass is 10.1. The van der Waals surface area contributed by atoms with Crippen LogP contribution in [0.2, 0.25) is 0 Å². The fraction of sp³-hybridized carbons (Fsp3) is 0.211. The van der Waals surface area contributed by atoms with Crippen LogP contribution in [0.4, 0.5) is 0 Å². The van der Waals surface area contributed by atoms with Crippen molar-refractivity contribution in [2.24, 2.45) is 0 Å². The highest BCUT2D eigenvalue weighted by Crippen LogP contribution is 2.25. The number of carbonyl (C=O) groups excluding carboxylic acids is 1. The molecule has 2 aromatic carbocycles. The van der Waals surface area contributed by atoms with Crippen molar-refractivity contribution in [2.75, 3.05) is 13.2 Å². The van der Waals surface area contributed by atoms with Crippen molar-refractivity contribution in [3.05, 3.63) is 70.8 Å². The smallest absolute Gasteiger partial charge is 0.250 e. The normalized spacial score (nSPS) is 12.8. The first-order valence-corrected chi connectivity index (χ1v) is 7.65. The van der Waals surface area contributed by atoms with Crippen LogP contribution < -0.4 is 10.1 Å². The Hall–Kier alpha value is -2.59. The Kier molecular flexibility index (Phi) is 4.74. The highest BCUT2D eigenvalue weighted by Gasteiger charge is 2.16. The molecule has 1 aliphatic rings. The molecule has 0 aliphatic carbocycles. The van der Waals surface area contributed by atoms with E-state index in [4.69, 9.17) is 9.84 Å². The highest BCUT2D eigenvalue weighted by molar-refractivity contribution is 5.99. The van der Waals surface area contributed by atoms with Crippen LogP contribution >= 0.6 is 0 Å². The molecule has 0 fully saturated rings. The van der Waals surface area contributed by atoms with E-state index < -0.39 is 0 Å². The number of rotatable bonds is 5. The van der Waals surface area contributed by atoms with Crippen molar-refractivity contribution < 1.29 is 14.6 Å². The summed E-state index contributed by atoms with van der Waals surface area (Å²) in [5.41, 5.74) is 3.59. The van der Waals surface area contributed by atoms with E-state index in [9.17, 15) is 4.79 Å². The minimum Gasteiger partial charge on any atom is -0.488 e. The zero-order chi connectivity index (χ0) is 16.1. The van der Waals surface area contributed by atoms with Gasteiger partial charge in [-0.25, -0.2) is 0 Å². The molecule has 118 valence electrons. The van der Waals surface area contributed by atoms with Crippen molar-refractivity contribution in [2.45, 2.75) is 13.0 Å². The van der Waals surface area contributed by atoms with Crippen LogP contribution in [0.15, 0.2) is 54.1 Å². The van der Waals surface area contributed by atoms with Crippen LogP contribution in [-0.2, 0) is 17.8 Å². The maximum Gasteiger partial charge on any atom is 0.250 e. The molecule has 0 aromatic heterocycles. The lowest BCUT2D eigenvalue weighted by Crippen LogP contribution is -2.30. The summed E-state index contributed by atoms with van der Waals surface area (Å²) in [4.78, 5) is 12.2. The molecule has 23 heavy (non-hydrogen) atoms. The lowest BCUT2D eigenvalue weighted by Gasteiger charge is -2.17. The third-order valence-electron chi connectivity index (χ3n) is 3.83. The van der Waals surface area contributed by atoms with E-state index in [0.717, 1.165) is 28.9 Å². The van der Waals surface area contributed by atoms with Crippen LogP contribution in [0, 0.1) is 0 Å². The summed E-state index contributed by atoms with van der Waals surface area (Å²) in [6.45, 7) is 0.914. The Balaban J connectivity index is 1.54. The van der Waals surface area contributed by atoms with Gasteiger partial charge in [-0.15, -0.1) is 0 Å². The minimum atomic E-state index is -0.0912. The van der Waals surface area contributed by atoms with E-state index in [0.29, 0.717) is 18.7 Å². The number of nitrogens with one attached hydrogen (secondary N) is 1. The SMILES string of the molecule is O=C(NCCc1ccc(CO)cc1)C1=Cc2ccccc2OC1. The number of aliphatic hydroxyl groups is 1. The van der Waals surface area contributed by atoms with Gasteiger partial charge in [-0.3, -0.25) is 4.79 Å². The number of hydrogen-bond donors (Lipinski definition) is 2. The van der Waals surface area contributed by atoms with Gasteiger partial charge in [0, 0.05) is 12.1 Å². The number of para-hydroxylation sites is 1. The van der Waals surface area contributed by atoms with E-state index in [2.05, 4.69) is 5.32 Å². The molecule has 2 N–H and O–H groups in total. The van der Waals surface area contributed by atoms with Crippen molar-refractivity contribution in [3.8, 4) is 5.75 Å². The van der Waals surface area contributed by atoms with E-state index in [1.165, 1.54) is 0 Å². The number of carbonyl (C=O) groups is 1. The van der Waals surface area contributed by atoms with E-state index in [-0.39, 0.29) is 12.5 Å². The van der Waals surface area contributed by atoms with Crippen LogP contribution in [0.25, 0.3) is 6.08 Å². The van der Waals surface area contributed by atoms with Gasteiger partial charge in [0.05, 0.1) is 12.2 Å². The molecule has 0 bridgehead atoms. The van der Waals surface area contributed by atoms with Gasteiger partial charge in [0.15, 0.2) is 0 Å². The van der Waals surface area contributed by atoms with Gasteiger partial charge >= 0.3 is 0 Å². The zero-order valence-electron chi connectivity index (χ0n) is 12.8. The molecule has 1 aliphatic heterocycles. The Morgan fingerprint density at radius 2 is 1.83 bits per heavy atom. The van der Waals surface area contributed by atoms with Crippen LogP contribution in [-0.4, -0.2) is 24.2 Å². The van der Waals surface area contributed by atoms with Gasteiger partial charge in [0.2, 0.25) is 0 Å². The predicted molar refractivity (Wildman–Crippen MR) is 89.0 cm³/mol. The summed E-state index contributed by atoms with van der Waals surface area (Å²) in [6.07, 6.45) is 2.63. The summed E-state index contributed by atoms with van der Waals surface area (Å²) < 4.78 is 5.59. The molecule has 2 aromatic rings. The fourth-order valence-electron chi connectivity index (χ4n) is 2.49. The van der Waals surface area contributed by atoms with Gasteiger partial charge in [0.1, 0.15) is 12.4 Å². The van der Waals surface area contributed by atoms with Gasteiger partial charge in [0.25, 0.3) is 5.91 Å². The minimum absolute atomic E-state index is 0.0483. The number of aliphatic hydroxyl groups excluding tert-OH is 1. The topological polar surface area (TPSA) is 58.6 Å². The van der Waals surface area contributed by atoms with E-state index >= 15 is 0 Å². The molecule has 0 atom stereocenters. The molecular formula is C19H19NO3. The Labute approximate surface area is 135 Å². The summed E-state index contributed by atoms with van der Waals surface area (Å²) >= 11 is 0. The predicted octanol–water partition coefficient (Wildman–Crippen LogP) is 2.31. The lowest BCUT2D eigenvalue weighted by molar-refractivity contribution is -0.117. The summed E-state index contributed by atoms with van der Waals surface area (Å²) in [5.74, 6) is 0.722. The molecule has 1 heterocycles. The van der Waals surface area contributed by atoms with Crippen LogP contribution in [0.3, 0.4) is 0 Å².